The van der Waals surface area contributed by atoms with Crippen LogP contribution in [0.1, 0.15) is 51.5 Å². The highest BCUT2D eigenvalue weighted by Gasteiger charge is 2.32. The van der Waals surface area contributed by atoms with Gasteiger partial charge in [-0.2, -0.15) is 5.26 Å². The van der Waals surface area contributed by atoms with Crippen molar-refractivity contribution < 1.29 is 19.1 Å². The van der Waals surface area contributed by atoms with Crippen LogP contribution in [0, 0.1) is 17.2 Å². The molecule has 0 atom stereocenters. The number of carbonyl (C=O) groups excluding carboxylic acids is 3. The summed E-state index contributed by atoms with van der Waals surface area (Å²) in [6, 6.07) is 8.33. The van der Waals surface area contributed by atoms with Gasteiger partial charge in [-0.15, -0.1) is 0 Å². The molecule has 1 heterocycles. The summed E-state index contributed by atoms with van der Waals surface area (Å²) < 4.78 is 5.48. The lowest BCUT2D eigenvalue weighted by Gasteiger charge is -2.14. The number of nitrogens with zero attached hydrogens (tertiary/aromatic N) is 2. The molecule has 27 heavy (non-hydrogen) atoms. The second-order valence-electron chi connectivity index (χ2n) is 6.83. The van der Waals surface area contributed by atoms with Crippen molar-refractivity contribution in [3.05, 3.63) is 41.7 Å². The van der Waals surface area contributed by atoms with Gasteiger partial charge in [0.1, 0.15) is 11.5 Å². The molecule has 0 N–H and O–H groups in total. The van der Waals surface area contributed by atoms with Crippen LogP contribution in [0.2, 0.25) is 0 Å². The van der Waals surface area contributed by atoms with Crippen LogP contribution in [0.4, 0.5) is 0 Å². The first-order chi connectivity index (χ1) is 12.9. The van der Waals surface area contributed by atoms with Gasteiger partial charge in [-0.3, -0.25) is 19.3 Å². The van der Waals surface area contributed by atoms with Crippen LogP contribution in [0.3, 0.4) is 0 Å². The SMILES string of the molecule is CC(C)C(=O)CCCCCCN1C(=O)C=C(Oc2ccc(C#N)cc2)C1=O. The number of Topliss-reactive ketones (excluding diaryl/α,β-unsaturated/α-hetero) is 1. The van der Waals surface area contributed by atoms with Crippen molar-refractivity contribution in [1.29, 1.82) is 5.26 Å². The molecule has 0 bridgehead atoms. The number of benzene rings is 1. The summed E-state index contributed by atoms with van der Waals surface area (Å²) in [6.45, 7) is 4.14. The van der Waals surface area contributed by atoms with E-state index in [1.807, 2.05) is 19.9 Å². The Morgan fingerprint density at radius 1 is 1.11 bits per heavy atom. The predicted octanol–water partition coefficient (Wildman–Crippen LogP) is 3.37. The Balaban J connectivity index is 1.75. The van der Waals surface area contributed by atoms with Gasteiger partial charge in [0, 0.05) is 18.9 Å². The number of amides is 2. The third-order valence-electron chi connectivity index (χ3n) is 4.39. The number of unbranched alkanes of at least 4 members (excludes halogenated alkanes) is 3. The van der Waals surface area contributed by atoms with E-state index in [-0.39, 0.29) is 23.4 Å². The highest BCUT2D eigenvalue weighted by atomic mass is 16.5. The Morgan fingerprint density at radius 2 is 1.78 bits per heavy atom. The quantitative estimate of drug-likeness (QED) is 0.467. The van der Waals surface area contributed by atoms with Crippen molar-refractivity contribution in [3.63, 3.8) is 0 Å². The number of carbonyl (C=O) groups is 3. The number of nitriles is 1. The molecule has 1 aromatic rings. The summed E-state index contributed by atoms with van der Waals surface area (Å²) in [7, 11) is 0. The predicted molar refractivity (Wildman–Crippen MR) is 99.5 cm³/mol. The van der Waals surface area contributed by atoms with Crippen LogP contribution in [0.5, 0.6) is 5.75 Å². The highest BCUT2D eigenvalue weighted by Crippen LogP contribution is 2.20. The van der Waals surface area contributed by atoms with Crippen molar-refractivity contribution in [1.82, 2.24) is 4.90 Å². The fourth-order valence-electron chi connectivity index (χ4n) is 2.71. The van der Waals surface area contributed by atoms with E-state index in [0.717, 1.165) is 19.3 Å². The largest absolute Gasteiger partial charge is 0.451 e. The summed E-state index contributed by atoms with van der Waals surface area (Å²) in [5.41, 5.74) is 0.488. The van der Waals surface area contributed by atoms with Crippen LogP contribution in [-0.2, 0) is 14.4 Å². The zero-order valence-corrected chi connectivity index (χ0v) is 15.7. The average Bonchev–Trinajstić information content (AvgIpc) is 2.91. The van der Waals surface area contributed by atoms with E-state index in [1.54, 1.807) is 24.3 Å². The lowest BCUT2D eigenvalue weighted by atomic mass is 10.0. The van der Waals surface area contributed by atoms with E-state index < -0.39 is 5.91 Å². The van der Waals surface area contributed by atoms with Gasteiger partial charge in [0.25, 0.3) is 11.8 Å². The maximum absolute atomic E-state index is 12.3. The molecule has 0 radical (unpaired) electrons. The maximum atomic E-state index is 12.3. The van der Waals surface area contributed by atoms with Gasteiger partial charge >= 0.3 is 0 Å². The highest BCUT2D eigenvalue weighted by molar-refractivity contribution is 6.15. The van der Waals surface area contributed by atoms with Gasteiger partial charge in [0.05, 0.1) is 17.7 Å². The fraction of sp³-hybridized carbons (Fsp3) is 0.429. The van der Waals surface area contributed by atoms with Gasteiger partial charge in [-0.1, -0.05) is 26.7 Å². The Bertz CT molecular complexity index is 772. The maximum Gasteiger partial charge on any atom is 0.296 e. The van der Waals surface area contributed by atoms with Gasteiger partial charge in [-0.05, 0) is 37.1 Å². The molecule has 0 saturated heterocycles. The van der Waals surface area contributed by atoms with Crippen molar-refractivity contribution >= 4 is 17.6 Å². The first kappa shape index (κ1) is 20.4. The molecule has 1 aromatic carbocycles. The number of hydrogen-bond donors (Lipinski definition) is 0. The molecule has 0 aliphatic carbocycles. The number of imide groups is 1. The smallest absolute Gasteiger partial charge is 0.296 e. The molecule has 2 amide bonds. The zero-order chi connectivity index (χ0) is 19.8. The fourth-order valence-corrected chi connectivity index (χ4v) is 2.71. The van der Waals surface area contributed by atoms with E-state index in [0.29, 0.717) is 30.7 Å². The third-order valence-corrected chi connectivity index (χ3v) is 4.39. The number of rotatable bonds is 10. The average molecular weight is 368 g/mol. The zero-order valence-electron chi connectivity index (χ0n) is 15.7. The minimum Gasteiger partial charge on any atom is -0.451 e. The topological polar surface area (TPSA) is 87.5 Å². The van der Waals surface area contributed by atoms with Gasteiger partial charge < -0.3 is 4.74 Å². The molecular formula is C21H24N2O4. The first-order valence-corrected chi connectivity index (χ1v) is 9.20. The van der Waals surface area contributed by atoms with Crippen molar-refractivity contribution in [2.45, 2.75) is 46.0 Å². The summed E-state index contributed by atoms with van der Waals surface area (Å²) in [4.78, 5) is 37.1. The minimum absolute atomic E-state index is 0.00719. The monoisotopic (exact) mass is 368 g/mol. The molecule has 0 spiro atoms. The van der Waals surface area contributed by atoms with Crippen molar-refractivity contribution in [3.8, 4) is 11.8 Å². The normalized spacial score (nSPS) is 13.7. The Kier molecular flexibility index (Phi) is 7.30. The summed E-state index contributed by atoms with van der Waals surface area (Å²) in [6.07, 6.45) is 5.08. The lowest BCUT2D eigenvalue weighted by molar-refractivity contribution is -0.138. The van der Waals surface area contributed by atoms with E-state index >= 15 is 0 Å². The van der Waals surface area contributed by atoms with Crippen LogP contribution in [0.25, 0.3) is 0 Å². The first-order valence-electron chi connectivity index (χ1n) is 9.20. The molecule has 0 saturated carbocycles. The Labute approximate surface area is 159 Å². The van der Waals surface area contributed by atoms with Crippen LogP contribution in [0.15, 0.2) is 36.1 Å². The minimum atomic E-state index is -0.445. The van der Waals surface area contributed by atoms with E-state index in [2.05, 4.69) is 0 Å². The molecule has 0 fully saturated rings. The number of ketones is 1. The number of ether oxygens (including phenoxy) is 1. The van der Waals surface area contributed by atoms with Crippen LogP contribution < -0.4 is 4.74 Å². The Hall–Kier alpha value is -2.94. The molecule has 142 valence electrons. The van der Waals surface area contributed by atoms with Crippen molar-refractivity contribution in [2.24, 2.45) is 5.92 Å². The van der Waals surface area contributed by atoms with Crippen LogP contribution >= 0.6 is 0 Å². The van der Waals surface area contributed by atoms with E-state index in [4.69, 9.17) is 10.00 Å². The summed E-state index contributed by atoms with van der Waals surface area (Å²) >= 11 is 0. The molecule has 1 aliphatic heterocycles. The van der Waals surface area contributed by atoms with Crippen LogP contribution in [-0.4, -0.2) is 29.0 Å². The van der Waals surface area contributed by atoms with Gasteiger partial charge in [0.15, 0.2) is 5.76 Å². The number of hydrogen-bond acceptors (Lipinski definition) is 5. The second-order valence-corrected chi connectivity index (χ2v) is 6.83. The van der Waals surface area contributed by atoms with E-state index in [1.165, 1.54) is 11.0 Å². The van der Waals surface area contributed by atoms with Crippen molar-refractivity contribution in [2.75, 3.05) is 6.54 Å². The Morgan fingerprint density at radius 3 is 2.41 bits per heavy atom. The molecule has 0 aromatic heterocycles. The molecule has 1 aliphatic rings. The van der Waals surface area contributed by atoms with Gasteiger partial charge in [-0.25, -0.2) is 0 Å². The third kappa shape index (κ3) is 5.78. The molecule has 0 unspecified atom stereocenters. The standard InChI is InChI=1S/C21H24N2O4/c1-15(2)18(24)7-5-3-4-6-12-23-20(25)13-19(21(23)26)27-17-10-8-16(14-22)9-11-17/h8-11,13,15H,3-7,12H2,1-2H3. The van der Waals surface area contributed by atoms with E-state index in [9.17, 15) is 14.4 Å². The lowest BCUT2D eigenvalue weighted by Crippen LogP contribution is -2.32. The summed E-state index contributed by atoms with van der Waals surface area (Å²) in [5.74, 6) is -0.0811. The molecular weight excluding hydrogens is 344 g/mol. The molecule has 6 heteroatoms. The molecule has 2 rings (SSSR count). The molecule has 6 nitrogen and oxygen atoms in total. The summed E-state index contributed by atoms with van der Waals surface area (Å²) in [5, 5.41) is 8.79. The van der Waals surface area contributed by atoms with Gasteiger partial charge in [0.2, 0.25) is 0 Å². The second kappa shape index (κ2) is 9.67.